The molecule has 0 aliphatic heterocycles. The lowest BCUT2D eigenvalue weighted by molar-refractivity contribution is -0.151. The summed E-state index contributed by atoms with van der Waals surface area (Å²) in [6.45, 7) is 2.03. The highest BCUT2D eigenvalue weighted by Gasteiger charge is 2.14. The summed E-state index contributed by atoms with van der Waals surface area (Å²) in [5.74, 6) is -3.28. The number of carbonyl (C=O) groups excluding carboxylic acids is 2. The maximum atomic E-state index is 11.9. The summed E-state index contributed by atoms with van der Waals surface area (Å²) >= 11 is 0. The van der Waals surface area contributed by atoms with Crippen LogP contribution in [0, 0.1) is 0 Å². The van der Waals surface area contributed by atoms with E-state index in [2.05, 4.69) is 0 Å². The Kier molecular flexibility index (Phi) is 15.7. The number of rotatable bonds is 21. The molecule has 0 unspecified atom stereocenters. The Morgan fingerprint density at radius 1 is 0.676 bits per heavy atom. The number of esters is 1. The molecular formula is C21H30O12S. The molecule has 0 bridgehead atoms. The topological polar surface area (TPSA) is 161 Å². The summed E-state index contributed by atoms with van der Waals surface area (Å²) in [6.07, 6.45) is -0.687. The summed E-state index contributed by atoms with van der Waals surface area (Å²) < 4.78 is 54.5. The number of carboxylic acids is 1. The third-order valence-electron chi connectivity index (χ3n) is 3.90. The van der Waals surface area contributed by atoms with Crippen LogP contribution in [0.5, 0.6) is 0 Å². The highest BCUT2D eigenvalue weighted by molar-refractivity contribution is 7.86. The van der Waals surface area contributed by atoms with Crippen molar-refractivity contribution in [3.63, 3.8) is 0 Å². The normalized spacial score (nSPS) is 11.3. The van der Waals surface area contributed by atoms with E-state index in [0.717, 1.165) is 0 Å². The Labute approximate surface area is 198 Å². The van der Waals surface area contributed by atoms with Gasteiger partial charge >= 0.3 is 11.9 Å². The minimum atomic E-state index is -3.78. The molecule has 0 radical (unpaired) electrons. The Morgan fingerprint density at radius 3 is 1.65 bits per heavy atom. The number of hydrogen-bond donors (Lipinski definition) is 1. The largest absolute Gasteiger partial charge is 0.476 e. The van der Waals surface area contributed by atoms with Crippen molar-refractivity contribution in [3.05, 3.63) is 30.3 Å². The van der Waals surface area contributed by atoms with Crippen molar-refractivity contribution < 1.29 is 55.8 Å². The van der Waals surface area contributed by atoms with Crippen LogP contribution in [0.4, 0.5) is 0 Å². The molecule has 0 atom stereocenters. The molecule has 192 valence electrons. The first-order valence-electron chi connectivity index (χ1n) is 10.5. The van der Waals surface area contributed by atoms with Gasteiger partial charge in [-0.2, -0.15) is 8.42 Å². The van der Waals surface area contributed by atoms with Crippen molar-refractivity contribution in [1.82, 2.24) is 0 Å². The van der Waals surface area contributed by atoms with Gasteiger partial charge in [-0.25, -0.2) is 4.79 Å². The second-order valence-electron chi connectivity index (χ2n) is 6.49. The number of aliphatic carboxylic acids is 1. The van der Waals surface area contributed by atoms with Gasteiger partial charge in [-0.1, -0.05) is 18.2 Å². The molecule has 0 amide bonds. The summed E-state index contributed by atoms with van der Waals surface area (Å²) in [5, 5.41) is 8.40. The molecule has 34 heavy (non-hydrogen) atoms. The average Bonchev–Trinajstić information content (AvgIpc) is 2.82. The molecule has 0 spiro atoms. The van der Waals surface area contributed by atoms with Crippen LogP contribution < -0.4 is 0 Å². The average molecular weight is 507 g/mol. The molecule has 0 aliphatic carbocycles. The van der Waals surface area contributed by atoms with Crippen molar-refractivity contribution in [2.45, 2.75) is 17.7 Å². The zero-order valence-electron chi connectivity index (χ0n) is 18.7. The van der Waals surface area contributed by atoms with Gasteiger partial charge in [0.15, 0.2) is 0 Å². The van der Waals surface area contributed by atoms with E-state index in [1.807, 2.05) is 0 Å². The van der Waals surface area contributed by atoms with Crippen LogP contribution in [-0.2, 0) is 52.4 Å². The fourth-order valence-corrected chi connectivity index (χ4v) is 3.14. The number of ketones is 1. The monoisotopic (exact) mass is 506 g/mol. The van der Waals surface area contributed by atoms with Crippen LogP contribution in [0.2, 0.25) is 0 Å². The first-order chi connectivity index (χ1) is 16.3. The van der Waals surface area contributed by atoms with Gasteiger partial charge < -0.3 is 28.8 Å². The van der Waals surface area contributed by atoms with Gasteiger partial charge in [0, 0.05) is 6.42 Å². The Morgan fingerprint density at radius 2 is 1.15 bits per heavy atom. The first-order valence-corrected chi connectivity index (χ1v) is 11.9. The number of carbonyl (C=O) groups is 3. The summed E-state index contributed by atoms with van der Waals surface area (Å²) in [7, 11) is -3.78. The number of ether oxygens (including phenoxy) is 5. The SMILES string of the molecule is O=C(CCC(=O)C(=O)O)OCCOCCOCCOCCOCCOS(=O)(=O)c1ccccc1. The molecule has 1 rings (SSSR count). The third-order valence-corrected chi connectivity index (χ3v) is 5.23. The number of Topliss-reactive ketones (excluding diaryl/α,β-unsaturated/α-hetero) is 1. The van der Waals surface area contributed by atoms with E-state index in [1.54, 1.807) is 18.2 Å². The van der Waals surface area contributed by atoms with E-state index >= 15 is 0 Å². The van der Waals surface area contributed by atoms with Gasteiger partial charge in [-0.15, -0.1) is 0 Å². The molecule has 13 heteroatoms. The van der Waals surface area contributed by atoms with Gasteiger partial charge in [0.05, 0.1) is 70.8 Å². The van der Waals surface area contributed by atoms with Crippen LogP contribution in [-0.4, -0.2) is 97.3 Å². The minimum Gasteiger partial charge on any atom is -0.476 e. The Balaban J connectivity index is 1.83. The summed E-state index contributed by atoms with van der Waals surface area (Å²) in [6, 6.07) is 7.85. The summed E-state index contributed by atoms with van der Waals surface area (Å²) in [5.41, 5.74) is 0. The first kappa shape index (κ1) is 29.6. The second-order valence-corrected chi connectivity index (χ2v) is 8.10. The predicted octanol–water partition coefficient (Wildman–Crippen LogP) is 0.435. The van der Waals surface area contributed by atoms with Gasteiger partial charge in [-0.05, 0) is 12.1 Å². The molecular weight excluding hydrogens is 476 g/mol. The second kappa shape index (κ2) is 18.0. The van der Waals surface area contributed by atoms with E-state index < -0.39 is 34.3 Å². The van der Waals surface area contributed by atoms with Gasteiger partial charge in [0.25, 0.3) is 10.1 Å². The van der Waals surface area contributed by atoms with Crippen molar-refractivity contribution in [2.24, 2.45) is 0 Å². The van der Waals surface area contributed by atoms with E-state index in [9.17, 15) is 22.8 Å². The zero-order valence-corrected chi connectivity index (χ0v) is 19.5. The number of hydrogen-bond acceptors (Lipinski definition) is 11. The van der Waals surface area contributed by atoms with Crippen molar-refractivity contribution in [3.8, 4) is 0 Å². The van der Waals surface area contributed by atoms with E-state index in [1.165, 1.54) is 12.1 Å². The van der Waals surface area contributed by atoms with E-state index in [4.69, 9.17) is 33.0 Å². The molecule has 0 saturated heterocycles. The molecule has 0 saturated carbocycles. The van der Waals surface area contributed by atoms with Crippen LogP contribution in [0.25, 0.3) is 0 Å². The zero-order chi connectivity index (χ0) is 25.1. The van der Waals surface area contributed by atoms with E-state index in [0.29, 0.717) is 26.4 Å². The molecule has 1 aromatic carbocycles. The van der Waals surface area contributed by atoms with Gasteiger partial charge in [0.1, 0.15) is 6.61 Å². The quantitative estimate of drug-likeness (QED) is 0.106. The number of benzene rings is 1. The smallest absolute Gasteiger partial charge is 0.372 e. The lowest BCUT2D eigenvalue weighted by Gasteiger charge is -2.08. The highest BCUT2D eigenvalue weighted by Crippen LogP contribution is 2.10. The lowest BCUT2D eigenvalue weighted by atomic mass is 10.2. The Bertz CT molecular complexity index is 825. The molecule has 0 aromatic heterocycles. The van der Waals surface area contributed by atoms with Gasteiger partial charge in [-0.3, -0.25) is 13.8 Å². The Hall–Kier alpha value is -2.42. The molecule has 1 aromatic rings. The van der Waals surface area contributed by atoms with Crippen molar-refractivity contribution in [1.29, 1.82) is 0 Å². The van der Waals surface area contributed by atoms with Crippen LogP contribution >= 0.6 is 0 Å². The third kappa shape index (κ3) is 14.7. The maximum absolute atomic E-state index is 11.9. The van der Waals surface area contributed by atoms with Crippen LogP contribution in [0.1, 0.15) is 12.8 Å². The molecule has 0 fully saturated rings. The lowest BCUT2D eigenvalue weighted by Crippen LogP contribution is -2.17. The molecule has 12 nitrogen and oxygen atoms in total. The van der Waals surface area contributed by atoms with Crippen molar-refractivity contribution in [2.75, 3.05) is 66.1 Å². The number of carboxylic acid groups (broad SMARTS) is 1. The van der Waals surface area contributed by atoms with Crippen LogP contribution in [0.3, 0.4) is 0 Å². The predicted molar refractivity (Wildman–Crippen MR) is 116 cm³/mol. The molecule has 0 aliphatic rings. The van der Waals surface area contributed by atoms with Crippen molar-refractivity contribution >= 4 is 27.8 Å². The van der Waals surface area contributed by atoms with Gasteiger partial charge in [0.2, 0.25) is 5.78 Å². The van der Waals surface area contributed by atoms with Crippen LogP contribution in [0.15, 0.2) is 35.2 Å². The standard InChI is InChI=1S/C21H30O12S/c22-19(21(24)25)6-7-20(23)32-16-14-30-12-10-28-8-9-29-11-13-31-15-17-33-34(26,27)18-4-2-1-3-5-18/h1-5H,6-17H2,(H,24,25). The molecule has 0 heterocycles. The summed E-state index contributed by atoms with van der Waals surface area (Å²) in [4.78, 5) is 32.6. The fourth-order valence-electron chi connectivity index (χ4n) is 2.23. The van der Waals surface area contributed by atoms with E-state index in [-0.39, 0.29) is 51.0 Å². The molecule has 1 N–H and O–H groups in total. The fraction of sp³-hybridized carbons (Fsp3) is 0.571. The highest BCUT2D eigenvalue weighted by atomic mass is 32.2. The maximum Gasteiger partial charge on any atom is 0.372 e. The minimum absolute atomic E-state index is 0.00751.